The Morgan fingerprint density at radius 1 is 1.26 bits per heavy atom. The Labute approximate surface area is 128 Å². The summed E-state index contributed by atoms with van der Waals surface area (Å²) in [5.41, 5.74) is 0. The maximum atomic E-state index is 5.88. The Bertz CT molecular complexity index is 512. The molecule has 0 spiro atoms. The van der Waals surface area contributed by atoms with Gasteiger partial charge < -0.3 is 4.74 Å². The largest absolute Gasteiger partial charge is 0.473 e. The second-order valence-electron chi connectivity index (χ2n) is 4.07. The molecule has 7 heteroatoms. The van der Waals surface area contributed by atoms with E-state index in [1.54, 1.807) is 0 Å². The zero-order valence-corrected chi connectivity index (χ0v) is 13.7. The predicted molar refractivity (Wildman–Crippen MR) is 79.9 cm³/mol. The van der Waals surface area contributed by atoms with Crippen molar-refractivity contribution in [1.82, 2.24) is 20.5 Å². The number of nitrogens with one attached hydrogen (secondary N) is 2. The number of para-hydroxylation sites is 1. The van der Waals surface area contributed by atoms with E-state index in [0.29, 0.717) is 0 Å². The third kappa shape index (κ3) is 3.77. The highest BCUT2D eigenvalue weighted by molar-refractivity contribution is 9.11. The number of aromatic nitrogens is 3. The van der Waals surface area contributed by atoms with E-state index >= 15 is 0 Å². The molecule has 5 nitrogen and oxygen atoms in total. The summed E-state index contributed by atoms with van der Waals surface area (Å²) in [6, 6.07) is 5.84. The van der Waals surface area contributed by atoms with Crippen LogP contribution in [0.1, 0.15) is 25.7 Å². The number of ether oxygens (including phenoxy) is 1. The third-order valence-corrected chi connectivity index (χ3v) is 3.79. The van der Waals surface area contributed by atoms with Crippen molar-refractivity contribution in [3.05, 3.63) is 39.3 Å². The lowest BCUT2D eigenvalue weighted by Gasteiger charge is -2.21. The zero-order valence-electron chi connectivity index (χ0n) is 10.5. The molecule has 0 radical (unpaired) electrons. The topological polar surface area (TPSA) is 62.8 Å². The van der Waals surface area contributed by atoms with Gasteiger partial charge >= 0.3 is 0 Å². The van der Waals surface area contributed by atoms with Crippen LogP contribution in [0.25, 0.3) is 0 Å². The molecule has 0 amide bonds. The molecule has 2 N–H and O–H groups in total. The Kier molecular flexibility index (Phi) is 4.95. The highest BCUT2D eigenvalue weighted by Gasteiger charge is 2.15. The van der Waals surface area contributed by atoms with Gasteiger partial charge in [-0.2, -0.15) is 5.10 Å². The van der Waals surface area contributed by atoms with Crippen LogP contribution >= 0.6 is 31.9 Å². The number of H-pyrrole nitrogens is 1. The molecule has 0 aliphatic rings. The van der Waals surface area contributed by atoms with Crippen molar-refractivity contribution in [2.75, 3.05) is 0 Å². The first-order valence-corrected chi connectivity index (χ1v) is 7.38. The summed E-state index contributed by atoms with van der Waals surface area (Å²) in [4.78, 5) is 4.11. The van der Waals surface area contributed by atoms with E-state index in [9.17, 15) is 0 Å². The highest BCUT2D eigenvalue weighted by Crippen LogP contribution is 2.33. The van der Waals surface area contributed by atoms with Crippen LogP contribution in [0.5, 0.6) is 5.75 Å². The van der Waals surface area contributed by atoms with Gasteiger partial charge in [0.1, 0.15) is 24.1 Å². The number of nitrogens with zero attached hydrogens (tertiary/aromatic N) is 2. The molecule has 1 aromatic heterocycles. The van der Waals surface area contributed by atoms with Crippen molar-refractivity contribution >= 4 is 31.9 Å². The minimum atomic E-state index is -0.171. The Hall–Kier alpha value is -0.920. The van der Waals surface area contributed by atoms with Crippen LogP contribution in [0.4, 0.5) is 0 Å². The zero-order chi connectivity index (χ0) is 13.8. The maximum Gasteiger partial charge on any atom is 0.150 e. The molecule has 2 unspecified atom stereocenters. The molecule has 0 fully saturated rings. The van der Waals surface area contributed by atoms with E-state index in [4.69, 9.17) is 4.74 Å². The fourth-order valence-corrected chi connectivity index (χ4v) is 2.85. The number of rotatable bonds is 5. The molecule has 0 bridgehead atoms. The van der Waals surface area contributed by atoms with Crippen LogP contribution in [-0.2, 0) is 0 Å². The number of hydrogen-bond acceptors (Lipinski definition) is 4. The Morgan fingerprint density at radius 2 is 1.95 bits per heavy atom. The van der Waals surface area contributed by atoms with E-state index < -0.39 is 0 Å². The lowest BCUT2D eigenvalue weighted by atomic mass is 10.3. The molecular weight excluding hydrogens is 376 g/mol. The normalized spacial score (nSPS) is 14.1. The summed E-state index contributed by atoms with van der Waals surface area (Å²) in [5.74, 6) is 1.55. The molecular formula is C12H14Br2N4O. The molecule has 0 aliphatic heterocycles. The average molecular weight is 390 g/mol. The first-order chi connectivity index (χ1) is 9.08. The van der Waals surface area contributed by atoms with Crippen LogP contribution in [0.3, 0.4) is 0 Å². The van der Waals surface area contributed by atoms with Crippen LogP contribution in [0.15, 0.2) is 33.5 Å². The summed E-state index contributed by atoms with van der Waals surface area (Å²) in [6.07, 6.45) is 1.32. The third-order valence-electron chi connectivity index (χ3n) is 2.54. The fourth-order valence-electron chi connectivity index (χ4n) is 1.66. The smallest absolute Gasteiger partial charge is 0.150 e. The van der Waals surface area contributed by atoms with Crippen molar-refractivity contribution in [3.8, 4) is 5.75 Å². The van der Waals surface area contributed by atoms with E-state index in [-0.39, 0.29) is 12.3 Å². The first kappa shape index (κ1) is 14.5. The van der Waals surface area contributed by atoms with Gasteiger partial charge in [-0.25, -0.2) is 4.98 Å². The quantitative estimate of drug-likeness (QED) is 0.769. The van der Waals surface area contributed by atoms with Gasteiger partial charge in [0, 0.05) is 0 Å². The highest BCUT2D eigenvalue weighted by atomic mass is 79.9. The van der Waals surface area contributed by atoms with Crippen LogP contribution < -0.4 is 10.1 Å². The van der Waals surface area contributed by atoms with E-state index in [2.05, 4.69) is 52.4 Å². The summed E-state index contributed by atoms with van der Waals surface area (Å²) in [5, 5.41) is 9.95. The number of aromatic amines is 1. The van der Waals surface area contributed by atoms with Crippen molar-refractivity contribution < 1.29 is 4.74 Å². The second-order valence-corrected chi connectivity index (χ2v) is 5.78. The minimum absolute atomic E-state index is 0.0266. The number of hydrogen-bond donors (Lipinski definition) is 2. The van der Waals surface area contributed by atoms with Crippen molar-refractivity contribution in [3.63, 3.8) is 0 Å². The van der Waals surface area contributed by atoms with Gasteiger partial charge in [-0.1, -0.05) is 6.07 Å². The summed E-state index contributed by atoms with van der Waals surface area (Å²) in [7, 11) is 0. The molecule has 2 atom stereocenters. The molecule has 19 heavy (non-hydrogen) atoms. The first-order valence-electron chi connectivity index (χ1n) is 5.80. The van der Waals surface area contributed by atoms with Gasteiger partial charge in [0.2, 0.25) is 0 Å². The van der Waals surface area contributed by atoms with Crippen LogP contribution in [0, 0.1) is 0 Å². The van der Waals surface area contributed by atoms with Gasteiger partial charge in [0.25, 0.3) is 0 Å². The van der Waals surface area contributed by atoms with Crippen molar-refractivity contribution in [1.29, 1.82) is 0 Å². The Morgan fingerprint density at radius 3 is 2.53 bits per heavy atom. The van der Waals surface area contributed by atoms with Gasteiger partial charge in [-0.3, -0.25) is 10.4 Å². The summed E-state index contributed by atoms with van der Waals surface area (Å²) >= 11 is 6.94. The number of benzene rings is 1. The average Bonchev–Trinajstić information content (AvgIpc) is 2.88. The summed E-state index contributed by atoms with van der Waals surface area (Å²) in [6.45, 7) is 3.94. The molecule has 0 saturated heterocycles. The van der Waals surface area contributed by atoms with Gasteiger partial charge in [-0.05, 0) is 57.8 Å². The molecule has 102 valence electrons. The van der Waals surface area contributed by atoms with Crippen LogP contribution in [0.2, 0.25) is 0 Å². The Balaban J connectivity index is 2.00. The van der Waals surface area contributed by atoms with Crippen molar-refractivity contribution in [2.45, 2.75) is 26.1 Å². The standard InChI is InChI=1S/C12H14Br2N4O/c1-7(12-15-6-16-18-12)17-8(2)19-11-9(13)4-3-5-10(11)14/h3-8,17H,1-2H3,(H,15,16,18). The van der Waals surface area contributed by atoms with Crippen LogP contribution in [-0.4, -0.2) is 21.4 Å². The molecule has 1 aromatic carbocycles. The van der Waals surface area contributed by atoms with E-state index in [1.807, 2.05) is 32.0 Å². The molecule has 2 rings (SSSR count). The van der Waals surface area contributed by atoms with Crippen molar-refractivity contribution in [2.24, 2.45) is 0 Å². The fraction of sp³-hybridized carbons (Fsp3) is 0.333. The van der Waals surface area contributed by atoms with E-state index in [0.717, 1.165) is 20.5 Å². The van der Waals surface area contributed by atoms with Gasteiger partial charge in [0.15, 0.2) is 0 Å². The minimum Gasteiger partial charge on any atom is -0.473 e. The lowest BCUT2D eigenvalue weighted by molar-refractivity contribution is 0.165. The SMILES string of the molecule is CC(NC(C)c1ncn[nH]1)Oc1c(Br)cccc1Br. The molecule has 0 saturated carbocycles. The predicted octanol–water partition coefficient (Wildman–Crippen LogP) is 3.41. The molecule has 2 aromatic rings. The molecule has 0 aliphatic carbocycles. The number of halogens is 2. The lowest BCUT2D eigenvalue weighted by Crippen LogP contribution is -2.34. The van der Waals surface area contributed by atoms with Gasteiger partial charge in [0.05, 0.1) is 15.0 Å². The monoisotopic (exact) mass is 388 g/mol. The van der Waals surface area contributed by atoms with Gasteiger partial charge in [-0.15, -0.1) is 0 Å². The van der Waals surface area contributed by atoms with E-state index in [1.165, 1.54) is 6.33 Å². The second kappa shape index (κ2) is 6.49. The maximum absolute atomic E-state index is 5.88. The molecule has 1 heterocycles. The summed E-state index contributed by atoms with van der Waals surface area (Å²) < 4.78 is 7.69.